The van der Waals surface area contributed by atoms with Crippen LogP contribution in [0.1, 0.15) is 64.9 Å². The monoisotopic (exact) mass is 795 g/mol. The van der Waals surface area contributed by atoms with Gasteiger partial charge in [0.1, 0.15) is 16.6 Å². The first-order valence-corrected chi connectivity index (χ1v) is 20.0. The lowest BCUT2D eigenvalue weighted by Crippen LogP contribution is -2.49. The number of benzene rings is 1. The first-order chi connectivity index (χ1) is 25.4. The second-order valence-corrected chi connectivity index (χ2v) is 17.1. The molecule has 0 atom stereocenters. The van der Waals surface area contributed by atoms with Crippen molar-refractivity contribution in [2.24, 2.45) is 11.8 Å². The van der Waals surface area contributed by atoms with Crippen LogP contribution in [0.25, 0.3) is 0 Å². The van der Waals surface area contributed by atoms with Crippen LogP contribution in [0.3, 0.4) is 0 Å². The number of halogens is 3. The summed E-state index contributed by atoms with van der Waals surface area (Å²) in [6.45, 7) is 6.33. The van der Waals surface area contributed by atoms with Gasteiger partial charge in [0.2, 0.25) is 27.7 Å². The number of anilines is 2. The lowest BCUT2D eigenvalue weighted by atomic mass is 9.77. The highest BCUT2D eigenvalue weighted by atomic mass is 35.5. The summed E-state index contributed by atoms with van der Waals surface area (Å²) in [4.78, 5) is 56.2. The Labute approximate surface area is 319 Å². The molecule has 3 heterocycles. The van der Waals surface area contributed by atoms with E-state index < -0.39 is 45.4 Å². The van der Waals surface area contributed by atoms with Crippen molar-refractivity contribution >= 4 is 56.9 Å². The minimum atomic E-state index is -3.83. The number of rotatable bonds is 12. The molecule has 5 rings (SSSR count). The number of piperazine rings is 1. The fourth-order valence-corrected chi connectivity index (χ4v) is 8.50. The Balaban J connectivity index is 1.08. The topological polar surface area (TPSA) is 170 Å². The summed E-state index contributed by atoms with van der Waals surface area (Å²) in [5.41, 5.74) is -0.324. The Hall–Kier alpha value is -4.09. The molecule has 54 heavy (non-hydrogen) atoms. The number of carbonyl (C=O) groups is 4. The largest absolute Gasteiger partial charge is 0.444 e. The molecule has 2 aliphatic heterocycles. The molecule has 14 nitrogen and oxygen atoms in total. The van der Waals surface area contributed by atoms with Crippen molar-refractivity contribution in [2.75, 3.05) is 62.2 Å². The van der Waals surface area contributed by atoms with Gasteiger partial charge in [-0.3, -0.25) is 14.4 Å². The van der Waals surface area contributed by atoms with Crippen molar-refractivity contribution < 1.29 is 41.1 Å². The van der Waals surface area contributed by atoms with Crippen LogP contribution in [0.15, 0.2) is 41.3 Å². The van der Waals surface area contributed by atoms with Crippen molar-refractivity contribution in [3.63, 3.8) is 0 Å². The average molecular weight is 796 g/mol. The third-order valence-corrected chi connectivity index (χ3v) is 11.8. The quantitative estimate of drug-likeness (QED) is 0.212. The summed E-state index contributed by atoms with van der Waals surface area (Å²) in [5, 5.41) is 7.56. The zero-order valence-corrected chi connectivity index (χ0v) is 32.3. The number of hydrogen-bond acceptors (Lipinski definition) is 9. The van der Waals surface area contributed by atoms with Gasteiger partial charge in [-0.05, 0) is 89.3 Å². The second kappa shape index (κ2) is 17.1. The van der Waals surface area contributed by atoms with Crippen molar-refractivity contribution in [2.45, 2.75) is 75.7 Å². The zero-order chi connectivity index (χ0) is 39.3. The number of alkyl carbamates (subject to hydrolysis) is 1. The number of nitrogens with one attached hydrogen (secondary N) is 3. The maximum atomic E-state index is 16.0. The predicted molar refractivity (Wildman–Crippen MR) is 198 cm³/mol. The Bertz CT molecular complexity index is 1790. The van der Waals surface area contributed by atoms with Gasteiger partial charge in [0.25, 0.3) is 5.92 Å². The van der Waals surface area contributed by atoms with Crippen molar-refractivity contribution in [3.8, 4) is 0 Å². The molecule has 3 N–H and O–H groups in total. The van der Waals surface area contributed by atoms with Crippen LogP contribution in [0.4, 0.5) is 25.1 Å². The number of aromatic nitrogens is 1. The van der Waals surface area contributed by atoms with E-state index in [1.54, 1.807) is 42.7 Å². The number of pyridine rings is 1. The van der Waals surface area contributed by atoms with Gasteiger partial charge in [-0.2, -0.15) is 4.31 Å². The first kappa shape index (κ1) is 41.1. The summed E-state index contributed by atoms with van der Waals surface area (Å²) in [6, 6.07) is 8.72. The molecule has 1 aromatic carbocycles. The summed E-state index contributed by atoms with van der Waals surface area (Å²) >= 11 is 6.26. The van der Waals surface area contributed by atoms with E-state index in [-0.39, 0.29) is 105 Å². The molecule has 2 aromatic rings. The van der Waals surface area contributed by atoms with Crippen LogP contribution in [0.2, 0.25) is 5.15 Å². The van der Waals surface area contributed by atoms with Gasteiger partial charge >= 0.3 is 6.09 Å². The predicted octanol–water partition coefficient (Wildman–Crippen LogP) is 4.03. The average Bonchev–Trinajstić information content (AvgIpc) is 3.57. The molecule has 0 unspecified atom stereocenters. The molecular formula is C36H48ClF2N7O7S. The number of alkyl halides is 2. The lowest BCUT2D eigenvalue weighted by molar-refractivity contribution is -0.129. The van der Waals surface area contributed by atoms with E-state index >= 15 is 8.78 Å². The Morgan fingerprint density at radius 2 is 1.57 bits per heavy atom. The van der Waals surface area contributed by atoms with Crippen molar-refractivity contribution in [1.82, 2.24) is 25.2 Å². The van der Waals surface area contributed by atoms with Gasteiger partial charge < -0.3 is 30.5 Å². The van der Waals surface area contributed by atoms with Gasteiger partial charge in [-0.15, -0.1) is 0 Å². The summed E-state index contributed by atoms with van der Waals surface area (Å²) in [6.07, 6.45) is 1.26. The summed E-state index contributed by atoms with van der Waals surface area (Å²) in [5.74, 6) is -5.21. The molecule has 1 aliphatic carbocycles. The minimum absolute atomic E-state index is 0.0104. The normalized spacial score (nSPS) is 20.1. The molecule has 1 aromatic heterocycles. The maximum Gasteiger partial charge on any atom is 0.408 e. The Kier molecular flexibility index (Phi) is 13.0. The van der Waals surface area contributed by atoms with E-state index in [4.69, 9.17) is 16.3 Å². The molecule has 0 radical (unpaired) electrons. The lowest BCUT2D eigenvalue weighted by Gasteiger charge is -2.36. The number of carbonyl (C=O) groups excluding carboxylic acids is 4. The standard InChI is InChI=1S/C36H48ClF2N7O7S/c1-35(2,3)53-34(50)42-23-31(47)40-14-15-41-33(49)24-6-8-25(9-7-24)36(38,39)26-21-29(37)43-30(22-26)44-17-19-45(20-18-44)54(51,52)28-12-10-27(11-13-28)46-16-4-5-32(46)48/h10-13,21-22,24-25H,4-9,14-20,23H2,1-3H3,(H,40,47)(H,41,49)(H,42,50)/t24-,25-. The molecule has 4 amide bonds. The van der Waals surface area contributed by atoms with Gasteiger partial charge in [0.15, 0.2) is 0 Å². The highest BCUT2D eigenvalue weighted by molar-refractivity contribution is 7.89. The van der Waals surface area contributed by atoms with E-state index in [2.05, 4.69) is 20.9 Å². The highest BCUT2D eigenvalue weighted by Gasteiger charge is 2.44. The van der Waals surface area contributed by atoms with Crippen molar-refractivity contribution in [3.05, 3.63) is 47.1 Å². The number of hydrogen-bond donors (Lipinski definition) is 3. The number of sulfonamides is 1. The molecule has 0 bridgehead atoms. The molecule has 1 saturated carbocycles. The van der Waals surface area contributed by atoms with Crippen LogP contribution in [-0.4, -0.2) is 99.5 Å². The fourth-order valence-electron chi connectivity index (χ4n) is 6.88. The fraction of sp³-hybridized carbons (Fsp3) is 0.583. The highest BCUT2D eigenvalue weighted by Crippen LogP contribution is 2.46. The molecule has 2 saturated heterocycles. The molecule has 18 heteroatoms. The van der Waals surface area contributed by atoms with Crippen LogP contribution >= 0.6 is 11.6 Å². The van der Waals surface area contributed by atoms with E-state index in [1.165, 1.54) is 22.5 Å². The molecule has 3 aliphatic rings. The van der Waals surface area contributed by atoms with E-state index in [0.717, 1.165) is 12.5 Å². The zero-order valence-electron chi connectivity index (χ0n) is 30.7. The van der Waals surface area contributed by atoms with E-state index in [1.807, 2.05) is 0 Å². The van der Waals surface area contributed by atoms with Gasteiger partial charge in [0, 0.05) is 75.3 Å². The number of nitrogens with zero attached hydrogens (tertiary/aromatic N) is 4. The maximum absolute atomic E-state index is 16.0. The van der Waals surface area contributed by atoms with Gasteiger partial charge in [-0.1, -0.05) is 11.6 Å². The second-order valence-electron chi connectivity index (χ2n) is 14.7. The Morgan fingerprint density at radius 3 is 2.19 bits per heavy atom. The summed E-state index contributed by atoms with van der Waals surface area (Å²) < 4.78 is 65.2. The van der Waals surface area contributed by atoms with Crippen LogP contribution in [0.5, 0.6) is 0 Å². The number of amides is 4. The smallest absolute Gasteiger partial charge is 0.408 e. The third-order valence-electron chi connectivity index (χ3n) is 9.74. The SMILES string of the molecule is CC(C)(C)OC(=O)NCC(=O)NCCNC(=O)[C@H]1CC[C@H](C(F)(F)c2cc(Cl)nc(N3CCN(S(=O)(=O)c4ccc(N5CCCC5=O)cc4)CC3)c2)CC1. The molecular weight excluding hydrogens is 748 g/mol. The minimum Gasteiger partial charge on any atom is -0.444 e. The van der Waals surface area contributed by atoms with Gasteiger partial charge in [0.05, 0.1) is 11.4 Å². The molecule has 3 fully saturated rings. The summed E-state index contributed by atoms with van der Waals surface area (Å²) in [7, 11) is -3.83. The van der Waals surface area contributed by atoms with Crippen LogP contribution in [-0.2, 0) is 35.1 Å². The van der Waals surface area contributed by atoms with Crippen LogP contribution in [0, 0.1) is 11.8 Å². The van der Waals surface area contributed by atoms with E-state index in [9.17, 15) is 27.6 Å². The molecule has 296 valence electrons. The van der Waals surface area contributed by atoms with Gasteiger partial charge in [-0.25, -0.2) is 27.0 Å². The van der Waals surface area contributed by atoms with Crippen molar-refractivity contribution in [1.29, 1.82) is 0 Å². The van der Waals surface area contributed by atoms with Crippen LogP contribution < -0.4 is 25.8 Å². The number of ether oxygens (including phenoxy) is 1. The first-order valence-electron chi connectivity index (χ1n) is 18.2. The Morgan fingerprint density at radius 1 is 0.926 bits per heavy atom. The molecule has 0 spiro atoms. The van der Waals surface area contributed by atoms with E-state index in [0.29, 0.717) is 18.7 Å². The third kappa shape index (κ3) is 10.4.